The maximum Gasteiger partial charge on any atom is 0.128 e. The number of rotatable bonds is 7. The lowest BCUT2D eigenvalue weighted by Crippen LogP contribution is -2.12. The summed E-state index contributed by atoms with van der Waals surface area (Å²) in [6.45, 7) is 8.42. The molecule has 1 unspecified atom stereocenters. The highest BCUT2D eigenvalue weighted by Gasteiger charge is 2.11. The Balaban J connectivity index is 1.51. The summed E-state index contributed by atoms with van der Waals surface area (Å²) in [6.07, 6.45) is 2.72. The summed E-state index contributed by atoms with van der Waals surface area (Å²) in [5, 5.41) is 11.9. The summed E-state index contributed by atoms with van der Waals surface area (Å²) in [4.78, 5) is 0. The van der Waals surface area contributed by atoms with Gasteiger partial charge in [-0.05, 0) is 57.0 Å². The Morgan fingerprint density at radius 3 is 2.54 bits per heavy atom. The Morgan fingerprint density at radius 2 is 1.71 bits per heavy atom. The van der Waals surface area contributed by atoms with Gasteiger partial charge in [0, 0.05) is 41.3 Å². The first-order valence-electron chi connectivity index (χ1n) is 9.99. The monoisotopic (exact) mass is 376 g/mol. The second-order valence-electron chi connectivity index (χ2n) is 7.59. The van der Waals surface area contributed by atoms with Crippen LogP contribution in [0.5, 0.6) is 5.75 Å². The molecule has 4 rings (SSSR count). The van der Waals surface area contributed by atoms with Crippen LogP contribution >= 0.6 is 0 Å². The maximum atomic E-state index is 9.48. The summed E-state index contributed by atoms with van der Waals surface area (Å²) in [5.41, 5.74) is 5.23. The first kappa shape index (κ1) is 18.6. The lowest BCUT2D eigenvalue weighted by molar-refractivity contribution is 0.123. The van der Waals surface area contributed by atoms with E-state index in [1.807, 2.05) is 12.1 Å². The van der Waals surface area contributed by atoms with Crippen molar-refractivity contribution in [3.05, 3.63) is 66.0 Å². The van der Waals surface area contributed by atoms with Crippen molar-refractivity contribution >= 4 is 21.8 Å². The standard InChI is InChI=1S/C24H28N2O2/c1-17(27)16-28-24-11-6-10-22-21(24)12-15-25(22)13-7-14-26-19(3)18(2)20-8-4-5-9-23(20)26/h4-6,8-12,15,17,27H,7,13-14,16H2,1-3H3. The fourth-order valence-corrected chi connectivity index (χ4v) is 4.02. The van der Waals surface area contributed by atoms with E-state index in [-0.39, 0.29) is 0 Å². The average Bonchev–Trinajstić information content (AvgIpc) is 3.21. The molecule has 146 valence electrons. The number of hydrogen-bond acceptors (Lipinski definition) is 2. The van der Waals surface area contributed by atoms with Crippen molar-refractivity contribution in [2.45, 2.75) is 46.4 Å². The Bertz CT molecular complexity index is 1100. The lowest BCUT2D eigenvalue weighted by Gasteiger charge is -2.11. The van der Waals surface area contributed by atoms with Crippen LogP contribution in [0.4, 0.5) is 0 Å². The van der Waals surface area contributed by atoms with Crippen LogP contribution in [0, 0.1) is 13.8 Å². The summed E-state index contributed by atoms with van der Waals surface area (Å²) in [6, 6.07) is 16.9. The minimum Gasteiger partial charge on any atom is -0.490 e. The van der Waals surface area contributed by atoms with Crippen LogP contribution in [0.1, 0.15) is 24.6 Å². The zero-order valence-electron chi connectivity index (χ0n) is 16.9. The smallest absolute Gasteiger partial charge is 0.128 e. The minimum absolute atomic E-state index is 0.309. The van der Waals surface area contributed by atoms with Gasteiger partial charge in [0.05, 0.1) is 11.6 Å². The molecule has 1 atom stereocenters. The Morgan fingerprint density at radius 1 is 0.929 bits per heavy atom. The highest BCUT2D eigenvalue weighted by molar-refractivity contribution is 5.86. The van der Waals surface area contributed by atoms with Crippen LogP contribution in [0.3, 0.4) is 0 Å². The van der Waals surface area contributed by atoms with Crippen molar-refractivity contribution in [1.82, 2.24) is 9.13 Å². The van der Waals surface area contributed by atoms with Crippen molar-refractivity contribution in [1.29, 1.82) is 0 Å². The van der Waals surface area contributed by atoms with Gasteiger partial charge in [0.15, 0.2) is 0 Å². The van der Waals surface area contributed by atoms with Crippen LogP contribution in [-0.4, -0.2) is 27.0 Å². The van der Waals surface area contributed by atoms with Gasteiger partial charge in [-0.15, -0.1) is 0 Å². The molecule has 2 aromatic heterocycles. The van der Waals surface area contributed by atoms with Gasteiger partial charge < -0.3 is 19.0 Å². The van der Waals surface area contributed by atoms with Gasteiger partial charge in [0.25, 0.3) is 0 Å². The predicted molar refractivity (Wildman–Crippen MR) is 115 cm³/mol. The molecule has 0 saturated carbocycles. The first-order chi connectivity index (χ1) is 13.6. The zero-order valence-corrected chi connectivity index (χ0v) is 16.9. The van der Waals surface area contributed by atoms with Crippen molar-refractivity contribution in [3.63, 3.8) is 0 Å². The SMILES string of the molecule is Cc1c(C)n(CCCn2ccc3c(OCC(C)O)cccc32)c2ccccc12. The molecule has 0 aliphatic heterocycles. The third kappa shape index (κ3) is 3.40. The molecule has 0 aliphatic carbocycles. The molecule has 0 bridgehead atoms. The van der Waals surface area contributed by atoms with E-state index >= 15 is 0 Å². The third-order valence-electron chi connectivity index (χ3n) is 5.58. The molecular weight excluding hydrogens is 348 g/mol. The molecule has 4 aromatic rings. The summed E-state index contributed by atoms with van der Waals surface area (Å²) < 4.78 is 10.5. The largest absolute Gasteiger partial charge is 0.490 e. The molecule has 0 fully saturated rings. The van der Waals surface area contributed by atoms with Crippen LogP contribution < -0.4 is 4.74 Å². The van der Waals surface area contributed by atoms with Gasteiger partial charge >= 0.3 is 0 Å². The highest BCUT2D eigenvalue weighted by atomic mass is 16.5. The fourth-order valence-electron chi connectivity index (χ4n) is 4.02. The van der Waals surface area contributed by atoms with Crippen LogP contribution in [0.2, 0.25) is 0 Å². The first-order valence-corrected chi connectivity index (χ1v) is 9.99. The number of aryl methyl sites for hydroxylation is 3. The average molecular weight is 377 g/mol. The topological polar surface area (TPSA) is 39.3 Å². The van der Waals surface area contributed by atoms with Gasteiger partial charge in [0.2, 0.25) is 0 Å². The third-order valence-corrected chi connectivity index (χ3v) is 5.58. The second kappa shape index (κ2) is 7.72. The number of benzene rings is 2. The normalized spacial score (nSPS) is 12.7. The van der Waals surface area contributed by atoms with Gasteiger partial charge in [-0.3, -0.25) is 0 Å². The van der Waals surface area contributed by atoms with E-state index in [1.54, 1.807) is 6.92 Å². The lowest BCUT2D eigenvalue weighted by atomic mass is 10.2. The van der Waals surface area contributed by atoms with E-state index in [9.17, 15) is 5.11 Å². The fraction of sp³-hybridized carbons (Fsp3) is 0.333. The van der Waals surface area contributed by atoms with Crippen LogP contribution in [-0.2, 0) is 13.1 Å². The maximum absolute atomic E-state index is 9.48. The van der Waals surface area contributed by atoms with E-state index in [4.69, 9.17) is 4.74 Å². The van der Waals surface area contributed by atoms with E-state index in [1.165, 1.54) is 27.7 Å². The van der Waals surface area contributed by atoms with Crippen molar-refractivity contribution in [2.24, 2.45) is 0 Å². The molecule has 0 spiro atoms. The number of para-hydroxylation sites is 1. The van der Waals surface area contributed by atoms with Gasteiger partial charge in [0.1, 0.15) is 12.4 Å². The molecule has 2 aromatic carbocycles. The number of ether oxygens (including phenoxy) is 1. The van der Waals surface area contributed by atoms with Gasteiger partial charge in [-0.2, -0.15) is 0 Å². The van der Waals surface area contributed by atoms with Crippen molar-refractivity contribution in [2.75, 3.05) is 6.61 Å². The van der Waals surface area contributed by atoms with Gasteiger partial charge in [-0.1, -0.05) is 24.3 Å². The number of aliphatic hydroxyl groups excluding tert-OH is 1. The minimum atomic E-state index is -0.472. The van der Waals surface area contributed by atoms with E-state index in [0.29, 0.717) is 6.61 Å². The molecular formula is C24H28N2O2. The Hall–Kier alpha value is -2.72. The number of nitrogens with zero attached hydrogens (tertiary/aromatic N) is 2. The van der Waals surface area contributed by atoms with E-state index < -0.39 is 6.10 Å². The molecule has 1 N–H and O–H groups in total. The molecule has 28 heavy (non-hydrogen) atoms. The summed E-state index contributed by atoms with van der Waals surface area (Å²) >= 11 is 0. The molecule has 4 heteroatoms. The zero-order chi connectivity index (χ0) is 19.7. The second-order valence-corrected chi connectivity index (χ2v) is 7.59. The Kier molecular flexibility index (Phi) is 5.14. The number of aromatic nitrogens is 2. The van der Waals surface area contributed by atoms with Crippen molar-refractivity contribution in [3.8, 4) is 5.75 Å². The molecule has 0 amide bonds. The number of hydrogen-bond donors (Lipinski definition) is 1. The van der Waals surface area contributed by atoms with E-state index in [0.717, 1.165) is 30.6 Å². The van der Waals surface area contributed by atoms with Crippen LogP contribution in [0.15, 0.2) is 54.7 Å². The molecule has 0 aliphatic rings. The van der Waals surface area contributed by atoms with E-state index in [2.05, 4.69) is 65.6 Å². The van der Waals surface area contributed by atoms with Crippen molar-refractivity contribution < 1.29 is 9.84 Å². The van der Waals surface area contributed by atoms with Crippen LogP contribution in [0.25, 0.3) is 21.8 Å². The molecule has 2 heterocycles. The number of fused-ring (bicyclic) bond motifs is 2. The molecule has 0 radical (unpaired) electrons. The molecule has 0 saturated heterocycles. The number of aliphatic hydroxyl groups is 1. The summed E-state index contributed by atoms with van der Waals surface area (Å²) in [5.74, 6) is 0.833. The predicted octanol–water partition coefficient (Wildman–Crippen LogP) is 5.06. The summed E-state index contributed by atoms with van der Waals surface area (Å²) in [7, 11) is 0. The quantitative estimate of drug-likeness (QED) is 0.489. The highest BCUT2D eigenvalue weighted by Crippen LogP contribution is 2.28. The Labute approximate surface area is 166 Å². The molecule has 4 nitrogen and oxygen atoms in total. The van der Waals surface area contributed by atoms with Gasteiger partial charge in [-0.25, -0.2) is 0 Å².